The number of rotatable bonds is 10. The fraction of sp³-hybridized carbons (Fsp3) is 0.407. The molecule has 1 heterocycles. The molecule has 0 atom stereocenters. The molecule has 5 nitrogen and oxygen atoms in total. The van der Waals surface area contributed by atoms with E-state index in [0.717, 1.165) is 35.5 Å². The second kappa shape index (κ2) is 12.1. The third-order valence-electron chi connectivity index (χ3n) is 6.04. The van der Waals surface area contributed by atoms with Crippen molar-refractivity contribution in [2.75, 3.05) is 26.0 Å². The number of piperidine rings is 1. The van der Waals surface area contributed by atoms with Crippen molar-refractivity contribution in [1.29, 1.82) is 0 Å². The standard InChI is InChI=1S/C27H34N2O3S/c1-5-21-9-11-22(12-10-21)19-31-25(30)20-32-28-26(23-13-15-24(33-4)16-14-23)27(2,3)29-17-7-6-8-18-29/h5,9-16H,1,6-8,17-20H2,2-4H3/b28-26-. The lowest BCUT2D eigenvalue weighted by molar-refractivity contribution is -0.150. The number of benzene rings is 2. The quantitative estimate of drug-likeness (QED) is 0.192. The van der Waals surface area contributed by atoms with E-state index in [9.17, 15) is 4.79 Å². The normalized spacial score (nSPS) is 15.2. The molecule has 2 aromatic carbocycles. The first-order valence-electron chi connectivity index (χ1n) is 11.4. The second-order valence-corrected chi connectivity index (χ2v) is 9.53. The topological polar surface area (TPSA) is 51.1 Å². The number of likely N-dealkylation sites (tertiary alicyclic amines) is 1. The van der Waals surface area contributed by atoms with Crippen LogP contribution in [0.3, 0.4) is 0 Å². The van der Waals surface area contributed by atoms with Crippen LogP contribution in [0.25, 0.3) is 6.08 Å². The fourth-order valence-corrected chi connectivity index (χ4v) is 4.38. The Morgan fingerprint density at radius 2 is 1.76 bits per heavy atom. The van der Waals surface area contributed by atoms with E-state index in [1.807, 2.05) is 24.3 Å². The van der Waals surface area contributed by atoms with Gasteiger partial charge < -0.3 is 9.57 Å². The number of thioether (sulfide) groups is 1. The van der Waals surface area contributed by atoms with E-state index in [1.165, 1.54) is 24.2 Å². The summed E-state index contributed by atoms with van der Waals surface area (Å²) in [5.41, 5.74) is 3.44. The minimum atomic E-state index is -0.445. The van der Waals surface area contributed by atoms with Crippen LogP contribution in [-0.2, 0) is 21.0 Å². The number of hydrogen-bond acceptors (Lipinski definition) is 6. The van der Waals surface area contributed by atoms with E-state index in [2.05, 4.69) is 61.0 Å². The highest BCUT2D eigenvalue weighted by Crippen LogP contribution is 2.27. The van der Waals surface area contributed by atoms with Gasteiger partial charge in [0.2, 0.25) is 6.61 Å². The maximum Gasteiger partial charge on any atom is 0.347 e. The number of hydrogen-bond donors (Lipinski definition) is 0. The van der Waals surface area contributed by atoms with Crippen molar-refractivity contribution < 1.29 is 14.4 Å². The molecule has 1 saturated heterocycles. The summed E-state index contributed by atoms with van der Waals surface area (Å²) in [4.78, 5) is 21.4. The highest BCUT2D eigenvalue weighted by molar-refractivity contribution is 7.98. The molecule has 33 heavy (non-hydrogen) atoms. The third kappa shape index (κ3) is 6.95. The summed E-state index contributed by atoms with van der Waals surface area (Å²) in [6, 6.07) is 16.0. The van der Waals surface area contributed by atoms with Gasteiger partial charge in [-0.15, -0.1) is 11.8 Å². The zero-order valence-corrected chi connectivity index (χ0v) is 20.7. The van der Waals surface area contributed by atoms with E-state index in [1.54, 1.807) is 17.8 Å². The molecule has 0 unspecified atom stereocenters. The van der Waals surface area contributed by atoms with E-state index in [4.69, 9.17) is 9.57 Å². The van der Waals surface area contributed by atoms with Crippen molar-refractivity contribution in [3.8, 4) is 0 Å². The van der Waals surface area contributed by atoms with Crippen LogP contribution >= 0.6 is 11.8 Å². The fourth-order valence-electron chi connectivity index (χ4n) is 3.97. The lowest BCUT2D eigenvalue weighted by atomic mass is 9.88. The lowest BCUT2D eigenvalue weighted by Gasteiger charge is -2.41. The minimum Gasteiger partial charge on any atom is -0.458 e. The van der Waals surface area contributed by atoms with Gasteiger partial charge in [0.15, 0.2) is 0 Å². The Balaban J connectivity index is 1.67. The van der Waals surface area contributed by atoms with Gasteiger partial charge in [-0.3, -0.25) is 4.90 Å². The minimum absolute atomic E-state index is 0.200. The molecule has 0 amide bonds. The molecular formula is C27H34N2O3S. The van der Waals surface area contributed by atoms with Gasteiger partial charge in [0.25, 0.3) is 0 Å². The number of ether oxygens (including phenoxy) is 1. The molecule has 0 spiro atoms. The van der Waals surface area contributed by atoms with Crippen LogP contribution in [0.5, 0.6) is 0 Å². The Bertz CT molecular complexity index is 946. The summed E-state index contributed by atoms with van der Waals surface area (Å²) in [6.45, 7) is 10.1. The Morgan fingerprint density at radius 3 is 2.36 bits per heavy atom. The average Bonchev–Trinajstić information content (AvgIpc) is 2.86. The van der Waals surface area contributed by atoms with Crippen LogP contribution in [0.2, 0.25) is 0 Å². The molecule has 0 saturated carbocycles. The summed E-state index contributed by atoms with van der Waals surface area (Å²) < 4.78 is 5.35. The predicted molar refractivity (Wildman–Crippen MR) is 137 cm³/mol. The van der Waals surface area contributed by atoms with E-state index in [0.29, 0.717) is 0 Å². The van der Waals surface area contributed by atoms with Gasteiger partial charge in [-0.05, 0) is 69.3 Å². The summed E-state index contributed by atoms with van der Waals surface area (Å²) in [5.74, 6) is -0.445. The second-order valence-electron chi connectivity index (χ2n) is 8.65. The van der Waals surface area contributed by atoms with Crippen molar-refractivity contribution in [2.45, 2.75) is 50.2 Å². The van der Waals surface area contributed by atoms with Gasteiger partial charge in [0.1, 0.15) is 12.3 Å². The number of esters is 1. The molecule has 0 bridgehead atoms. The van der Waals surface area contributed by atoms with Gasteiger partial charge in [-0.25, -0.2) is 4.79 Å². The van der Waals surface area contributed by atoms with Crippen LogP contribution in [0.1, 0.15) is 49.8 Å². The number of carbonyl (C=O) groups excluding carboxylic acids is 1. The first-order chi connectivity index (χ1) is 15.9. The van der Waals surface area contributed by atoms with Crippen molar-refractivity contribution in [1.82, 2.24) is 4.90 Å². The van der Waals surface area contributed by atoms with Gasteiger partial charge in [0.05, 0.1) is 5.54 Å². The average molecular weight is 467 g/mol. The Hall–Kier alpha value is -2.57. The van der Waals surface area contributed by atoms with Crippen LogP contribution in [0.15, 0.2) is 65.2 Å². The van der Waals surface area contributed by atoms with Crippen LogP contribution in [-0.4, -0.2) is 48.1 Å². The molecule has 1 aliphatic rings. The van der Waals surface area contributed by atoms with E-state index < -0.39 is 5.97 Å². The highest BCUT2D eigenvalue weighted by Gasteiger charge is 2.34. The van der Waals surface area contributed by atoms with E-state index >= 15 is 0 Å². The van der Waals surface area contributed by atoms with Crippen molar-refractivity contribution in [3.63, 3.8) is 0 Å². The van der Waals surface area contributed by atoms with Gasteiger partial charge in [-0.1, -0.05) is 60.6 Å². The van der Waals surface area contributed by atoms with Crippen molar-refractivity contribution in [2.24, 2.45) is 5.16 Å². The zero-order valence-electron chi connectivity index (χ0n) is 19.9. The molecular weight excluding hydrogens is 432 g/mol. The Morgan fingerprint density at radius 1 is 1.09 bits per heavy atom. The summed E-state index contributed by atoms with van der Waals surface area (Å²) in [6.07, 6.45) is 7.47. The molecule has 6 heteroatoms. The molecule has 0 N–H and O–H groups in total. The zero-order chi connectivity index (χ0) is 23.7. The molecule has 176 valence electrons. The van der Waals surface area contributed by atoms with Gasteiger partial charge >= 0.3 is 5.97 Å². The smallest absolute Gasteiger partial charge is 0.347 e. The maximum absolute atomic E-state index is 12.2. The number of carbonyl (C=O) groups is 1. The predicted octanol–water partition coefficient (Wildman–Crippen LogP) is 5.78. The number of oxime groups is 1. The third-order valence-corrected chi connectivity index (χ3v) is 6.79. The first kappa shape index (κ1) is 25.1. The van der Waals surface area contributed by atoms with Gasteiger partial charge in [0, 0.05) is 10.5 Å². The van der Waals surface area contributed by atoms with Crippen LogP contribution < -0.4 is 0 Å². The molecule has 1 fully saturated rings. The number of nitrogens with zero attached hydrogens (tertiary/aromatic N) is 2. The van der Waals surface area contributed by atoms with Crippen LogP contribution in [0.4, 0.5) is 0 Å². The van der Waals surface area contributed by atoms with Crippen molar-refractivity contribution in [3.05, 3.63) is 71.8 Å². The maximum atomic E-state index is 12.2. The SMILES string of the molecule is C=Cc1ccc(COC(=O)CO/N=C(/c2ccc(SC)cc2)C(C)(C)N2CCCCC2)cc1. The summed E-state index contributed by atoms with van der Waals surface area (Å²) in [7, 11) is 0. The van der Waals surface area contributed by atoms with Gasteiger partial charge in [-0.2, -0.15) is 0 Å². The molecule has 2 aromatic rings. The summed E-state index contributed by atoms with van der Waals surface area (Å²) in [5, 5.41) is 4.47. The Kier molecular flexibility index (Phi) is 9.15. The monoisotopic (exact) mass is 466 g/mol. The molecule has 1 aliphatic heterocycles. The molecule has 0 radical (unpaired) electrons. The largest absolute Gasteiger partial charge is 0.458 e. The van der Waals surface area contributed by atoms with Crippen molar-refractivity contribution >= 4 is 29.5 Å². The van der Waals surface area contributed by atoms with Crippen LogP contribution in [0, 0.1) is 0 Å². The Labute approximate surface area is 201 Å². The molecule has 3 rings (SSSR count). The molecule has 0 aliphatic carbocycles. The lowest BCUT2D eigenvalue weighted by Crippen LogP contribution is -2.52. The van der Waals surface area contributed by atoms with E-state index in [-0.39, 0.29) is 18.8 Å². The summed E-state index contributed by atoms with van der Waals surface area (Å²) >= 11 is 1.70. The molecule has 0 aromatic heterocycles. The highest BCUT2D eigenvalue weighted by atomic mass is 32.2. The first-order valence-corrected chi connectivity index (χ1v) is 12.6.